The van der Waals surface area contributed by atoms with Gasteiger partial charge in [0.15, 0.2) is 0 Å². The number of carbonyl (C=O) groups is 2. The van der Waals surface area contributed by atoms with Crippen molar-refractivity contribution in [3.63, 3.8) is 0 Å². The van der Waals surface area contributed by atoms with Gasteiger partial charge in [0.05, 0.1) is 0 Å². The summed E-state index contributed by atoms with van der Waals surface area (Å²) in [5, 5.41) is 11.1. The minimum absolute atomic E-state index is 0.0200. The fourth-order valence-electron chi connectivity index (χ4n) is 1.58. The molecule has 5 nitrogen and oxygen atoms in total. The van der Waals surface area contributed by atoms with Gasteiger partial charge in [0.2, 0.25) is 5.91 Å². The number of amides is 1. The Morgan fingerprint density at radius 3 is 2.33 bits per heavy atom. The predicted molar refractivity (Wildman–Crippen MR) is 69.1 cm³/mol. The smallest absolute Gasteiger partial charge is 0.325 e. The number of carbonyl (C=O) groups excluding carboxylic acids is 1. The Labute approximate surface area is 106 Å². The van der Waals surface area contributed by atoms with Crippen molar-refractivity contribution in [2.45, 2.75) is 32.2 Å². The molecule has 18 heavy (non-hydrogen) atoms. The number of nitrogen functional groups attached to an aromatic ring is 1. The van der Waals surface area contributed by atoms with E-state index in [1.165, 1.54) is 6.92 Å². The number of aliphatic carboxylic acids is 1. The first-order chi connectivity index (χ1) is 8.40. The molecule has 2 atom stereocenters. The fraction of sp³-hybridized carbons (Fsp3) is 0.385. The molecule has 0 saturated heterocycles. The van der Waals surface area contributed by atoms with Crippen molar-refractivity contribution in [2.24, 2.45) is 0 Å². The van der Waals surface area contributed by atoms with Gasteiger partial charge in [-0.1, -0.05) is 19.1 Å². The van der Waals surface area contributed by atoms with Crippen molar-refractivity contribution >= 4 is 17.6 Å². The number of carboxylic acids is 1. The zero-order chi connectivity index (χ0) is 13.7. The summed E-state index contributed by atoms with van der Waals surface area (Å²) >= 11 is 0. The summed E-state index contributed by atoms with van der Waals surface area (Å²) in [5.41, 5.74) is 7.26. The molecule has 0 fully saturated rings. The van der Waals surface area contributed by atoms with E-state index in [4.69, 9.17) is 10.8 Å². The molecular weight excluding hydrogens is 232 g/mol. The molecule has 0 aromatic heterocycles. The van der Waals surface area contributed by atoms with Gasteiger partial charge in [0.1, 0.15) is 6.04 Å². The van der Waals surface area contributed by atoms with Crippen LogP contribution in [0.25, 0.3) is 0 Å². The first-order valence-electron chi connectivity index (χ1n) is 5.77. The molecule has 0 aliphatic carbocycles. The molecule has 5 heteroatoms. The van der Waals surface area contributed by atoms with Crippen molar-refractivity contribution in [3.05, 3.63) is 29.8 Å². The fourth-order valence-corrected chi connectivity index (χ4v) is 1.58. The number of benzene rings is 1. The van der Waals surface area contributed by atoms with Crippen LogP contribution >= 0.6 is 0 Å². The molecule has 1 amide bonds. The van der Waals surface area contributed by atoms with E-state index in [-0.39, 0.29) is 18.2 Å². The second-order valence-electron chi connectivity index (χ2n) is 4.40. The van der Waals surface area contributed by atoms with Crippen LogP contribution in [0.2, 0.25) is 0 Å². The molecular formula is C13H18N2O3. The second kappa shape index (κ2) is 6.05. The largest absolute Gasteiger partial charge is 0.480 e. The van der Waals surface area contributed by atoms with E-state index in [2.05, 4.69) is 5.32 Å². The number of nitrogens with two attached hydrogens (primary N) is 1. The third kappa shape index (κ3) is 4.08. The minimum Gasteiger partial charge on any atom is -0.480 e. The maximum atomic E-state index is 11.6. The van der Waals surface area contributed by atoms with E-state index in [1.807, 2.05) is 19.1 Å². The summed E-state index contributed by atoms with van der Waals surface area (Å²) < 4.78 is 0. The molecule has 0 aliphatic heterocycles. The van der Waals surface area contributed by atoms with E-state index >= 15 is 0 Å². The Bertz CT molecular complexity index is 428. The zero-order valence-corrected chi connectivity index (χ0v) is 10.5. The molecule has 0 spiro atoms. The van der Waals surface area contributed by atoms with Gasteiger partial charge >= 0.3 is 5.97 Å². The van der Waals surface area contributed by atoms with Crippen LogP contribution in [0.15, 0.2) is 24.3 Å². The highest BCUT2D eigenvalue weighted by atomic mass is 16.4. The summed E-state index contributed by atoms with van der Waals surface area (Å²) in [7, 11) is 0. The van der Waals surface area contributed by atoms with E-state index in [0.717, 1.165) is 5.56 Å². The average Bonchev–Trinajstić information content (AvgIpc) is 2.29. The van der Waals surface area contributed by atoms with E-state index in [9.17, 15) is 9.59 Å². The lowest BCUT2D eigenvalue weighted by Crippen LogP contribution is -2.38. The maximum Gasteiger partial charge on any atom is 0.325 e. The van der Waals surface area contributed by atoms with Crippen LogP contribution in [0.5, 0.6) is 0 Å². The second-order valence-corrected chi connectivity index (χ2v) is 4.40. The Morgan fingerprint density at radius 2 is 1.83 bits per heavy atom. The highest BCUT2D eigenvalue weighted by molar-refractivity contribution is 5.83. The predicted octanol–water partition coefficient (Wildman–Crippen LogP) is 1.35. The van der Waals surface area contributed by atoms with Crippen LogP contribution in [-0.2, 0) is 9.59 Å². The average molecular weight is 250 g/mol. The highest BCUT2D eigenvalue weighted by Gasteiger charge is 2.16. The molecule has 0 radical (unpaired) electrons. The first kappa shape index (κ1) is 14.0. The molecule has 4 N–H and O–H groups in total. The van der Waals surface area contributed by atoms with Gasteiger partial charge in [-0.15, -0.1) is 0 Å². The van der Waals surface area contributed by atoms with Crippen LogP contribution in [-0.4, -0.2) is 23.0 Å². The highest BCUT2D eigenvalue weighted by Crippen LogP contribution is 2.19. The molecule has 1 aromatic carbocycles. The molecule has 0 heterocycles. The molecule has 0 saturated carbocycles. The van der Waals surface area contributed by atoms with Gasteiger partial charge in [-0.3, -0.25) is 9.59 Å². The summed E-state index contributed by atoms with van der Waals surface area (Å²) in [6.45, 7) is 3.35. The van der Waals surface area contributed by atoms with Crippen molar-refractivity contribution in [1.82, 2.24) is 5.32 Å². The SMILES string of the molecule is CC(CC(=O)N[C@H](C)C(=O)O)c1ccc(N)cc1. The summed E-state index contributed by atoms with van der Waals surface area (Å²) in [6.07, 6.45) is 0.252. The number of hydrogen-bond acceptors (Lipinski definition) is 3. The van der Waals surface area contributed by atoms with Crippen LogP contribution in [0.3, 0.4) is 0 Å². The van der Waals surface area contributed by atoms with E-state index in [1.54, 1.807) is 12.1 Å². The Morgan fingerprint density at radius 1 is 1.28 bits per heavy atom. The van der Waals surface area contributed by atoms with Gasteiger partial charge in [0.25, 0.3) is 0 Å². The van der Waals surface area contributed by atoms with Crippen molar-refractivity contribution < 1.29 is 14.7 Å². The first-order valence-corrected chi connectivity index (χ1v) is 5.77. The number of anilines is 1. The third-order valence-corrected chi connectivity index (χ3v) is 2.75. The van der Waals surface area contributed by atoms with Crippen LogP contribution in [0.1, 0.15) is 31.7 Å². The zero-order valence-electron chi connectivity index (χ0n) is 10.5. The number of hydrogen-bond donors (Lipinski definition) is 3. The normalized spacial score (nSPS) is 13.7. The van der Waals surface area contributed by atoms with Gasteiger partial charge in [0, 0.05) is 12.1 Å². The molecule has 98 valence electrons. The van der Waals surface area contributed by atoms with Crippen LogP contribution < -0.4 is 11.1 Å². The molecule has 0 aliphatic rings. The third-order valence-electron chi connectivity index (χ3n) is 2.75. The molecule has 1 aromatic rings. The van der Waals surface area contributed by atoms with Crippen molar-refractivity contribution in [1.29, 1.82) is 0 Å². The Balaban J connectivity index is 2.54. The van der Waals surface area contributed by atoms with Gasteiger partial charge in [-0.25, -0.2) is 0 Å². The van der Waals surface area contributed by atoms with Crippen LogP contribution in [0.4, 0.5) is 5.69 Å². The lowest BCUT2D eigenvalue weighted by molar-refractivity contribution is -0.141. The topological polar surface area (TPSA) is 92.4 Å². The Kier molecular flexibility index (Phi) is 4.71. The monoisotopic (exact) mass is 250 g/mol. The van der Waals surface area contributed by atoms with Gasteiger partial charge in [-0.05, 0) is 30.5 Å². The maximum absolute atomic E-state index is 11.6. The number of nitrogens with one attached hydrogen (secondary N) is 1. The lowest BCUT2D eigenvalue weighted by atomic mass is 9.97. The number of rotatable bonds is 5. The van der Waals surface area contributed by atoms with Crippen LogP contribution in [0, 0.1) is 0 Å². The van der Waals surface area contributed by atoms with Gasteiger partial charge in [-0.2, -0.15) is 0 Å². The van der Waals surface area contributed by atoms with Crippen molar-refractivity contribution in [3.8, 4) is 0 Å². The summed E-state index contributed by atoms with van der Waals surface area (Å²) in [6, 6.07) is 6.44. The van der Waals surface area contributed by atoms with Gasteiger partial charge < -0.3 is 16.2 Å². The summed E-state index contributed by atoms with van der Waals surface area (Å²) in [4.78, 5) is 22.2. The van der Waals surface area contributed by atoms with E-state index in [0.29, 0.717) is 5.69 Å². The van der Waals surface area contributed by atoms with E-state index < -0.39 is 12.0 Å². The molecule has 0 bridgehead atoms. The summed E-state index contributed by atoms with van der Waals surface area (Å²) in [5.74, 6) is -1.29. The number of carboxylic acid groups (broad SMARTS) is 1. The minimum atomic E-state index is -1.04. The molecule has 1 rings (SSSR count). The standard InChI is InChI=1S/C13H18N2O3/c1-8(10-3-5-11(14)6-4-10)7-12(16)15-9(2)13(17)18/h3-6,8-9H,7,14H2,1-2H3,(H,15,16)(H,17,18)/t8?,9-/m1/s1. The lowest BCUT2D eigenvalue weighted by Gasteiger charge is -2.14. The Hall–Kier alpha value is -2.04. The van der Waals surface area contributed by atoms with Crippen molar-refractivity contribution in [2.75, 3.05) is 5.73 Å². The molecule has 1 unspecified atom stereocenters. The quantitative estimate of drug-likeness (QED) is 0.688.